The SMILES string of the molecule is NCC(O)(O)Nc1ccccc1. The Kier molecular flexibility index (Phi) is 2.65. The van der Waals surface area contributed by atoms with E-state index in [4.69, 9.17) is 15.9 Å². The molecule has 0 heterocycles. The number of hydrogen-bond donors (Lipinski definition) is 4. The molecule has 0 atom stereocenters. The van der Waals surface area contributed by atoms with Gasteiger partial charge >= 0.3 is 0 Å². The summed E-state index contributed by atoms with van der Waals surface area (Å²) < 4.78 is 0. The van der Waals surface area contributed by atoms with E-state index in [1.807, 2.05) is 6.07 Å². The molecule has 1 rings (SSSR count). The number of benzene rings is 1. The first kappa shape index (κ1) is 8.99. The molecule has 0 radical (unpaired) electrons. The molecule has 0 saturated heterocycles. The molecule has 0 bridgehead atoms. The van der Waals surface area contributed by atoms with E-state index in [9.17, 15) is 0 Å². The second-order valence-corrected chi connectivity index (χ2v) is 2.51. The molecule has 0 aliphatic carbocycles. The molecule has 0 aromatic heterocycles. The minimum absolute atomic E-state index is 0.262. The Hall–Kier alpha value is -1.10. The molecule has 5 N–H and O–H groups in total. The van der Waals surface area contributed by atoms with E-state index in [0.29, 0.717) is 5.69 Å². The average molecular weight is 168 g/mol. The molecule has 0 spiro atoms. The predicted molar refractivity (Wildman–Crippen MR) is 46.3 cm³/mol. The van der Waals surface area contributed by atoms with Crippen molar-refractivity contribution in [2.45, 2.75) is 5.91 Å². The normalized spacial score (nSPS) is 11.2. The largest absolute Gasteiger partial charge is 0.348 e. The lowest BCUT2D eigenvalue weighted by Crippen LogP contribution is -2.45. The lowest BCUT2D eigenvalue weighted by atomic mass is 10.3. The highest BCUT2D eigenvalue weighted by atomic mass is 16.5. The van der Waals surface area contributed by atoms with Crippen molar-refractivity contribution in [3.8, 4) is 0 Å². The molecule has 0 amide bonds. The second kappa shape index (κ2) is 3.53. The smallest absolute Gasteiger partial charge is 0.257 e. The van der Waals surface area contributed by atoms with Crippen LogP contribution in [0, 0.1) is 0 Å². The summed E-state index contributed by atoms with van der Waals surface area (Å²) in [5.41, 5.74) is 5.71. The van der Waals surface area contributed by atoms with Crippen molar-refractivity contribution in [3.63, 3.8) is 0 Å². The van der Waals surface area contributed by atoms with Gasteiger partial charge in [0.15, 0.2) is 0 Å². The van der Waals surface area contributed by atoms with Crippen molar-refractivity contribution in [1.82, 2.24) is 0 Å². The van der Waals surface area contributed by atoms with Gasteiger partial charge in [0.05, 0.1) is 6.54 Å². The van der Waals surface area contributed by atoms with E-state index < -0.39 is 5.91 Å². The van der Waals surface area contributed by atoms with Crippen molar-refractivity contribution in [2.24, 2.45) is 5.73 Å². The summed E-state index contributed by atoms with van der Waals surface area (Å²) in [6.45, 7) is -0.262. The maximum atomic E-state index is 9.10. The minimum atomic E-state index is -2.03. The molecular weight excluding hydrogens is 156 g/mol. The van der Waals surface area contributed by atoms with Crippen LogP contribution in [0.4, 0.5) is 5.69 Å². The van der Waals surface area contributed by atoms with Gasteiger partial charge in [-0.15, -0.1) is 0 Å². The summed E-state index contributed by atoms with van der Waals surface area (Å²) in [6, 6.07) is 8.85. The van der Waals surface area contributed by atoms with E-state index in [1.54, 1.807) is 24.3 Å². The highest BCUT2D eigenvalue weighted by Crippen LogP contribution is 2.09. The first-order valence-electron chi connectivity index (χ1n) is 3.62. The fraction of sp³-hybridized carbons (Fsp3) is 0.250. The van der Waals surface area contributed by atoms with E-state index >= 15 is 0 Å². The summed E-state index contributed by atoms with van der Waals surface area (Å²) >= 11 is 0. The minimum Gasteiger partial charge on any atom is -0.348 e. The average Bonchev–Trinajstić information content (AvgIpc) is 2.06. The highest BCUT2D eigenvalue weighted by molar-refractivity contribution is 5.43. The van der Waals surface area contributed by atoms with Crippen LogP contribution >= 0.6 is 0 Å². The molecule has 0 unspecified atom stereocenters. The Morgan fingerprint density at radius 1 is 1.25 bits per heavy atom. The third-order valence-electron chi connectivity index (χ3n) is 1.40. The number of rotatable bonds is 3. The fourth-order valence-corrected chi connectivity index (χ4v) is 0.804. The number of nitrogens with one attached hydrogen (secondary N) is 1. The number of nitrogens with two attached hydrogens (primary N) is 1. The van der Waals surface area contributed by atoms with Crippen LogP contribution < -0.4 is 11.1 Å². The fourth-order valence-electron chi connectivity index (χ4n) is 0.804. The van der Waals surface area contributed by atoms with Gasteiger partial charge in [-0.2, -0.15) is 0 Å². The summed E-state index contributed by atoms with van der Waals surface area (Å²) in [5.74, 6) is -2.03. The van der Waals surface area contributed by atoms with Gasteiger partial charge in [-0.1, -0.05) is 18.2 Å². The van der Waals surface area contributed by atoms with Crippen LogP contribution in [0.2, 0.25) is 0 Å². The lowest BCUT2D eigenvalue weighted by Gasteiger charge is -2.21. The van der Waals surface area contributed by atoms with E-state index in [1.165, 1.54) is 0 Å². The lowest BCUT2D eigenvalue weighted by molar-refractivity contribution is -0.126. The zero-order valence-electron chi connectivity index (χ0n) is 6.57. The topological polar surface area (TPSA) is 78.5 Å². The van der Waals surface area contributed by atoms with Crippen molar-refractivity contribution in [1.29, 1.82) is 0 Å². The number of anilines is 1. The van der Waals surface area contributed by atoms with Crippen LogP contribution in [-0.2, 0) is 0 Å². The monoisotopic (exact) mass is 168 g/mol. The Balaban J connectivity index is 2.64. The molecule has 12 heavy (non-hydrogen) atoms. The van der Waals surface area contributed by atoms with Crippen LogP contribution in [0.1, 0.15) is 0 Å². The predicted octanol–water partition coefficient (Wildman–Crippen LogP) is -0.304. The Bertz CT molecular complexity index is 236. The summed E-state index contributed by atoms with van der Waals surface area (Å²) in [7, 11) is 0. The van der Waals surface area contributed by atoms with Crippen LogP contribution in [-0.4, -0.2) is 22.7 Å². The van der Waals surface area contributed by atoms with Gasteiger partial charge in [0.25, 0.3) is 5.91 Å². The number of para-hydroxylation sites is 1. The summed E-state index contributed by atoms with van der Waals surface area (Å²) in [4.78, 5) is 0. The molecule has 4 nitrogen and oxygen atoms in total. The number of aliphatic hydroxyl groups is 2. The molecule has 1 aromatic carbocycles. The Morgan fingerprint density at radius 2 is 1.83 bits per heavy atom. The quantitative estimate of drug-likeness (QED) is 0.467. The van der Waals surface area contributed by atoms with Gasteiger partial charge in [-0.05, 0) is 12.1 Å². The van der Waals surface area contributed by atoms with Crippen molar-refractivity contribution in [2.75, 3.05) is 11.9 Å². The third-order valence-corrected chi connectivity index (χ3v) is 1.40. The highest BCUT2D eigenvalue weighted by Gasteiger charge is 2.19. The van der Waals surface area contributed by atoms with E-state index in [-0.39, 0.29) is 6.54 Å². The van der Waals surface area contributed by atoms with Gasteiger partial charge in [0.2, 0.25) is 0 Å². The third kappa shape index (κ3) is 2.50. The molecule has 0 aliphatic heterocycles. The second-order valence-electron chi connectivity index (χ2n) is 2.51. The maximum Gasteiger partial charge on any atom is 0.257 e. The number of hydrogen-bond acceptors (Lipinski definition) is 4. The molecule has 0 aliphatic rings. The van der Waals surface area contributed by atoms with Crippen molar-refractivity contribution >= 4 is 5.69 Å². The van der Waals surface area contributed by atoms with Gasteiger partial charge in [0, 0.05) is 5.69 Å². The van der Waals surface area contributed by atoms with Crippen LogP contribution in [0.5, 0.6) is 0 Å². The van der Waals surface area contributed by atoms with Gasteiger partial charge in [-0.3, -0.25) is 0 Å². The molecule has 4 heteroatoms. The van der Waals surface area contributed by atoms with Crippen molar-refractivity contribution in [3.05, 3.63) is 30.3 Å². The van der Waals surface area contributed by atoms with Gasteiger partial charge in [0.1, 0.15) is 0 Å². The van der Waals surface area contributed by atoms with Crippen LogP contribution in [0.3, 0.4) is 0 Å². The van der Waals surface area contributed by atoms with Crippen LogP contribution in [0.15, 0.2) is 30.3 Å². The Labute approximate surface area is 70.6 Å². The summed E-state index contributed by atoms with van der Waals surface area (Å²) in [6.07, 6.45) is 0. The molecular formula is C8H12N2O2. The molecule has 0 saturated carbocycles. The summed E-state index contributed by atoms with van der Waals surface area (Å²) in [5, 5.41) is 20.6. The standard InChI is InChI=1S/C8H12N2O2/c9-6-8(11,12)10-7-4-2-1-3-5-7/h1-5,10-12H,6,9H2. The maximum absolute atomic E-state index is 9.10. The molecule has 66 valence electrons. The van der Waals surface area contributed by atoms with E-state index in [2.05, 4.69) is 5.32 Å². The van der Waals surface area contributed by atoms with E-state index in [0.717, 1.165) is 0 Å². The first-order chi connectivity index (χ1) is 5.64. The first-order valence-corrected chi connectivity index (χ1v) is 3.62. The van der Waals surface area contributed by atoms with Crippen LogP contribution in [0.25, 0.3) is 0 Å². The van der Waals surface area contributed by atoms with Gasteiger partial charge < -0.3 is 21.3 Å². The molecule has 1 aromatic rings. The van der Waals surface area contributed by atoms with Crippen molar-refractivity contribution < 1.29 is 10.2 Å². The zero-order valence-corrected chi connectivity index (χ0v) is 6.57. The zero-order chi connectivity index (χ0) is 9.03. The Morgan fingerprint density at radius 3 is 2.33 bits per heavy atom. The van der Waals surface area contributed by atoms with Gasteiger partial charge in [-0.25, -0.2) is 0 Å². The molecule has 0 fully saturated rings.